The summed E-state index contributed by atoms with van der Waals surface area (Å²) in [5, 5.41) is 6.14. The summed E-state index contributed by atoms with van der Waals surface area (Å²) < 4.78 is 18.1. The van der Waals surface area contributed by atoms with E-state index in [1.54, 1.807) is 12.1 Å². The van der Waals surface area contributed by atoms with E-state index in [1.165, 1.54) is 6.20 Å². The number of hydrogen-bond donors (Lipinski definition) is 2. The fraction of sp³-hybridized carbons (Fsp3) is 0.393. The van der Waals surface area contributed by atoms with Gasteiger partial charge in [0, 0.05) is 51.4 Å². The number of morpholine rings is 1. The largest absolute Gasteiger partial charge is 0.454 e. The summed E-state index contributed by atoms with van der Waals surface area (Å²) in [5.74, 6) is 0.140. The number of carbonyl (C=O) groups is 2. The predicted molar refractivity (Wildman–Crippen MR) is 142 cm³/mol. The lowest BCUT2D eigenvalue weighted by Crippen LogP contribution is -2.50. The molecule has 5 rings (SSSR count). The van der Waals surface area contributed by atoms with Crippen molar-refractivity contribution in [1.82, 2.24) is 20.1 Å². The van der Waals surface area contributed by atoms with Gasteiger partial charge in [-0.05, 0) is 18.6 Å². The highest BCUT2D eigenvalue weighted by Crippen LogP contribution is 2.35. The van der Waals surface area contributed by atoms with E-state index < -0.39 is 17.4 Å². The molecule has 0 spiro atoms. The molecule has 1 unspecified atom stereocenters. The van der Waals surface area contributed by atoms with Crippen LogP contribution in [-0.2, 0) is 22.5 Å². The Morgan fingerprint density at radius 3 is 2.53 bits per heavy atom. The topological polar surface area (TPSA) is 111 Å². The molecule has 1 fully saturated rings. The van der Waals surface area contributed by atoms with Gasteiger partial charge in [0.15, 0.2) is 11.5 Å². The summed E-state index contributed by atoms with van der Waals surface area (Å²) in [5.41, 5.74) is 1.10. The Labute approximate surface area is 220 Å². The summed E-state index contributed by atoms with van der Waals surface area (Å²) in [6, 6.07) is 12.0. The Hall–Kier alpha value is -3.89. The molecule has 3 aromatic rings. The van der Waals surface area contributed by atoms with Gasteiger partial charge in [-0.3, -0.25) is 19.3 Å². The van der Waals surface area contributed by atoms with Gasteiger partial charge in [-0.25, -0.2) is 0 Å². The fourth-order valence-electron chi connectivity index (χ4n) is 4.78. The maximum atomic E-state index is 13.5. The predicted octanol–water partition coefficient (Wildman–Crippen LogP) is 1.54. The molecule has 2 aliphatic heterocycles. The van der Waals surface area contributed by atoms with Crippen molar-refractivity contribution in [2.45, 2.75) is 25.9 Å². The third-order valence-electron chi connectivity index (χ3n) is 6.90. The molecule has 2 amide bonds. The average molecular weight is 521 g/mol. The molecule has 0 aliphatic carbocycles. The van der Waals surface area contributed by atoms with Gasteiger partial charge >= 0.3 is 0 Å². The number of pyridine rings is 1. The van der Waals surface area contributed by atoms with Gasteiger partial charge in [-0.2, -0.15) is 0 Å². The maximum Gasteiger partial charge on any atom is 0.257 e. The minimum absolute atomic E-state index is 0.0302. The van der Waals surface area contributed by atoms with Crippen LogP contribution in [0, 0.1) is 0 Å². The number of amides is 2. The molecule has 38 heavy (non-hydrogen) atoms. The van der Waals surface area contributed by atoms with Gasteiger partial charge in [0.1, 0.15) is 11.6 Å². The van der Waals surface area contributed by atoms with Crippen LogP contribution in [0.3, 0.4) is 0 Å². The van der Waals surface area contributed by atoms with Crippen LogP contribution >= 0.6 is 0 Å². The Bertz CT molecular complexity index is 1370. The van der Waals surface area contributed by atoms with Crippen LogP contribution in [0.2, 0.25) is 0 Å². The molecule has 200 valence electrons. The molecule has 1 atom stereocenters. The number of hydrogen-bond acceptors (Lipinski definition) is 7. The second kappa shape index (κ2) is 11.7. The highest BCUT2D eigenvalue weighted by Gasteiger charge is 2.25. The molecular weight excluding hydrogens is 488 g/mol. The van der Waals surface area contributed by atoms with Crippen LogP contribution in [0.5, 0.6) is 11.5 Å². The number of benzene rings is 2. The van der Waals surface area contributed by atoms with Crippen molar-refractivity contribution < 1.29 is 23.8 Å². The van der Waals surface area contributed by atoms with Crippen molar-refractivity contribution in [3.63, 3.8) is 0 Å². The van der Waals surface area contributed by atoms with Gasteiger partial charge < -0.3 is 29.4 Å². The van der Waals surface area contributed by atoms with Gasteiger partial charge in [0.25, 0.3) is 5.91 Å². The number of nitrogens with one attached hydrogen (secondary N) is 2. The second-order valence-corrected chi connectivity index (χ2v) is 9.34. The maximum absolute atomic E-state index is 13.5. The number of nitrogens with zero attached hydrogens (tertiary/aromatic N) is 2. The van der Waals surface area contributed by atoms with Crippen LogP contribution in [0.15, 0.2) is 53.5 Å². The van der Waals surface area contributed by atoms with Crippen LogP contribution in [0.4, 0.5) is 0 Å². The van der Waals surface area contributed by atoms with E-state index >= 15 is 0 Å². The van der Waals surface area contributed by atoms with Crippen molar-refractivity contribution >= 4 is 22.7 Å². The first-order valence-electron chi connectivity index (χ1n) is 12.9. The number of fused-ring (bicyclic) bond motifs is 2. The molecular formula is C28H32N4O6. The van der Waals surface area contributed by atoms with Crippen molar-refractivity contribution in [2.75, 3.05) is 46.2 Å². The molecule has 0 bridgehead atoms. The van der Waals surface area contributed by atoms with E-state index in [0.717, 1.165) is 18.7 Å². The van der Waals surface area contributed by atoms with E-state index in [4.69, 9.17) is 14.2 Å². The summed E-state index contributed by atoms with van der Waals surface area (Å²) in [4.78, 5) is 42.3. The SMILES string of the molecule is CCn1cc(C(=O)NC(Cc2ccccc2)C(=O)NCCN2CCOCC2)c(=O)c2cc3c(cc21)OCO3. The molecule has 10 heteroatoms. The number of rotatable bonds is 9. The monoisotopic (exact) mass is 520 g/mol. The summed E-state index contributed by atoms with van der Waals surface area (Å²) in [7, 11) is 0. The van der Waals surface area contributed by atoms with Crippen molar-refractivity contribution in [3.8, 4) is 11.5 Å². The molecule has 3 heterocycles. The van der Waals surface area contributed by atoms with Crippen molar-refractivity contribution in [3.05, 3.63) is 70.0 Å². The number of aromatic nitrogens is 1. The van der Waals surface area contributed by atoms with Gasteiger partial charge in [-0.15, -0.1) is 0 Å². The fourth-order valence-corrected chi connectivity index (χ4v) is 4.78. The molecule has 0 saturated carbocycles. The van der Waals surface area contributed by atoms with Crippen LogP contribution in [0.1, 0.15) is 22.8 Å². The quantitative estimate of drug-likeness (QED) is 0.440. The molecule has 2 aromatic carbocycles. The van der Waals surface area contributed by atoms with Crippen LogP contribution < -0.4 is 25.5 Å². The average Bonchev–Trinajstić information content (AvgIpc) is 3.41. The van der Waals surface area contributed by atoms with Crippen LogP contribution in [0.25, 0.3) is 10.9 Å². The van der Waals surface area contributed by atoms with E-state index in [9.17, 15) is 14.4 Å². The number of ether oxygens (including phenoxy) is 3. The molecule has 1 aromatic heterocycles. The standard InChI is InChI=1S/C28H32N4O6/c1-2-32-17-21(26(33)20-15-24-25(16-23(20)32)38-18-37-24)27(34)30-22(14-19-6-4-3-5-7-19)28(35)29-8-9-31-10-12-36-13-11-31/h3-7,15-17,22H,2,8-14,18H2,1H3,(H,29,35)(H,30,34). The Morgan fingerprint density at radius 2 is 1.79 bits per heavy atom. The lowest BCUT2D eigenvalue weighted by Gasteiger charge is -2.27. The second-order valence-electron chi connectivity index (χ2n) is 9.34. The normalized spacial score (nSPS) is 15.8. The molecule has 2 N–H and O–H groups in total. The van der Waals surface area contributed by atoms with Gasteiger partial charge in [0.2, 0.25) is 18.1 Å². The van der Waals surface area contributed by atoms with Crippen LogP contribution in [-0.4, -0.2) is 73.5 Å². The first kappa shape index (κ1) is 25.7. The van der Waals surface area contributed by atoms with E-state index in [0.29, 0.717) is 61.7 Å². The Balaban J connectivity index is 1.37. The smallest absolute Gasteiger partial charge is 0.257 e. The van der Waals surface area contributed by atoms with E-state index in [2.05, 4.69) is 15.5 Å². The molecule has 2 aliphatic rings. The number of aryl methyl sites for hydroxylation is 1. The zero-order valence-corrected chi connectivity index (χ0v) is 21.4. The highest BCUT2D eigenvalue weighted by molar-refractivity contribution is 6.00. The summed E-state index contributed by atoms with van der Waals surface area (Å²) in [6.07, 6.45) is 1.84. The minimum Gasteiger partial charge on any atom is -0.454 e. The molecule has 1 saturated heterocycles. The lowest BCUT2D eigenvalue weighted by atomic mass is 10.0. The Kier molecular flexibility index (Phi) is 7.90. The third-order valence-corrected chi connectivity index (χ3v) is 6.90. The lowest BCUT2D eigenvalue weighted by molar-refractivity contribution is -0.123. The zero-order valence-electron chi connectivity index (χ0n) is 21.4. The number of carbonyl (C=O) groups excluding carboxylic acids is 2. The molecule has 10 nitrogen and oxygen atoms in total. The first-order chi connectivity index (χ1) is 18.5. The van der Waals surface area contributed by atoms with Gasteiger partial charge in [0.05, 0.1) is 24.1 Å². The van der Waals surface area contributed by atoms with E-state index in [-0.39, 0.29) is 18.3 Å². The third kappa shape index (κ3) is 5.66. The first-order valence-corrected chi connectivity index (χ1v) is 12.9. The van der Waals surface area contributed by atoms with Gasteiger partial charge in [-0.1, -0.05) is 30.3 Å². The summed E-state index contributed by atoms with van der Waals surface area (Å²) >= 11 is 0. The van der Waals surface area contributed by atoms with E-state index in [1.807, 2.05) is 41.8 Å². The zero-order chi connectivity index (χ0) is 26.5. The Morgan fingerprint density at radius 1 is 1.05 bits per heavy atom. The summed E-state index contributed by atoms with van der Waals surface area (Å²) in [6.45, 7) is 6.71. The van der Waals surface area contributed by atoms with Crippen molar-refractivity contribution in [2.24, 2.45) is 0 Å². The highest BCUT2D eigenvalue weighted by atomic mass is 16.7. The van der Waals surface area contributed by atoms with Crippen molar-refractivity contribution in [1.29, 1.82) is 0 Å². The minimum atomic E-state index is -0.850. The molecule has 0 radical (unpaired) electrons.